The van der Waals surface area contributed by atoms with Crippen molar-refractivity contribution in [3.05, 3.63) is 41.6 Å². The van der Waals surface area contributed by atoms with Crippen molar-refractivity contribution in [2.75, 3.05) is 26.2 Å². The summed E-state index contributed by atoms with van der Waals surface area (Å²) in [6.07, 6.45) is 10.9. The molecule has 176 valence electrons. The van der Waals surface area contributed by atoms with Crippen LogP contribution in [0.3, 0.4) is 0 Å². The van der Waals surface area contributed by atoms with E-state index in [0.29, 0.717) is 18.2 Å². The lowest BCUT2D eigenvalue weighted by Gasteiger charge is -2.21. The number of carbonyl (C=O) groups is 1. The fourth-order valence-electron chi connectivity index (χ4n) is 3.46. The van der Waals surface area contributed by atoms with Crippen LogP contribution in [0, 0.1) is 0 Å². The number of hydrogen-bond acceptors (Lipinski definition) is 4. The van der Waals surface area contributed by atoms with Crippen LogP contribution in [0.5, 0.6) is 5.75 Å². The zero-order valence-corrected chi connectivity index (χ0v) is 20.7. The van der Waals surface area contributed by atoms with E-state index in [4.69, 9.17) is 4.74 Å². The Balaban J connectivity index is 2.52. The Labute approximate surface area is 191 Å². The highest BCUT2D eigenvalue weighted by Gasteiger charge is 2.08. The molecule has 0 atom stereocenters. The largest absolute Gasteiger partial charge is 0.494 e. The Bertz CT molecular complexity index is 615. The molecule has 0 spiro atoms. The molecule has 0 bridgehead atoms. The molecule has 0 amide bonds. The molecule has 1 rings (SSSR count). The first-order valence-electron chi connectivity index (χ1n) is 12.5. The van der Waals surface area contributed by atoms with Crippen molar-refractivity contribution < 1.29 is 9.53 Å². The summed E-state index contributed by atoms with van der Waals surface area (Å²) in [6.45, 7) is 15.0. The van der Waals surface area contributed by atoms with E-state index < -0.39 is 0 Å². The Kier molecular flexibility index (Phi) is 14.8. The highest BCUT2D eigenvalue weighted by atomic mass is 16.5. The van der Waals surface area contributed by atoms with Gasteiger partial charge >= 0.3 is 0 Å². The Morgan fingerprint density at radius 1 is 0.935 bits per heavy atom. The highest BCUT2D eigenvalue weighted by Crippen LogP contribution is 2.15. The minimum absolute atomic E-state index is 0.0493. The van der Waals surface area contributed by atoms with E-state index in [-0.39, 0.29) is 5.78 Å². The monoisotopic (exact) mass is 430 g/mol. The molecular formula is C27H46N2O2. The summed E-state index contributed by atoms with van der Waals surface area (Å²) in [5.74, 6) is 0.883. The fraction of sp³-hybridized carbons (Fsp3) is 0.667. The van der Waals surface area contributed by atoms with Gasteiger partial charge in [-0.1, -0.05) is 40.0 Å². The maximum Gasteiger partial charge on any atom is 0.187 e. The molecule has 31 heavy (non-hydrogen) atoms. The lowest BCUT2D eigenvalue weighted by molar-refractivity contribution is 0.104. The molecule has 0 aliphatic rings. The Morgan fingerprint density at radius 2 is 1.52 bits per heavy atom. The number of unbranched alkanes of at least 4 members (excludes halogenated alkanes) is 3. The van der Waals surface area contributed by atoms with Gasteiger partial charge in [0.2, 0.25) is 0 Å². The van der Waals surface area contributed by atoms with Gasteiger partial charge in [0.05, 0.1) is 6.61 Å². The van der Waals surface area contributed by atoms with Crippen LogP contribution in [-0.2, 0) is 0 Å². The summed E-state index contributed by atoms with van der Waals surface area (Å²) in [5, 5.41) is 3.41. The van der Waals surface area contributed by atoms with Gasteiger partial charge in [-0.25, -0.2) is 0 Å². The van der Waals surface area contributed by atoms with Crippen molar-refractivity contribution >= 4 is 5.78 Å². The van der Waals surface area contributed by atoms with Crippen LogP contribution >= 0.6 is 0 Å². The molecule has 0 fully saturated rings. The number of allylic oxidation sites excluding steroid dienone is 2. The predicted molar refractivity (Wildman–Crippen MR) is 133 cm³/mol. The van der Waals surface area contributed by atoms with Crippen molar-refractivity contribution in [1.29, 1.82) is 0 Å². The van der Waals surface area contributed by atoms with Crippen molar-refractivity contribution in [3.63, 3.8) is 0 Å². The van der Waals surface area contributed by atoms with Crippen molar-refractivity contribution in [2.45, 2.75) is 92.0 Å². The van der Waals surface area contributed by atoms with E-state index in [1.807, 2.05) is 24.3 Å². The van der Waals surface area contributed by atoms with Crippen LogP contribution in [0.2, 0.25) is 0 Å². The average molecular weight is 431 g/mol. The van der Waals surface area contributed by atoms with Crippen molar-refractivity contribution in [1.82, 2.24) is 10.2 Å². The molecule has 0 unspecified atom stereocenters. The predicted octanol–water partition coefficient (Wildman–Crippen LogP) is 6.61. The van der Waals surface area contributed by atoms with Crippen LogP contribution in [0.1, 0.15) is 96.3 Å². The third-order valence-electron chi connectivity index (χ3n) is 5.26. The number of hydrogen-bond donors (Lipinski definition) is 1. The summed E-state index contributed by atoms with van der Waals surface area (Å²) >= 11 is 0. The molecule has 4 nitrogen and oxygen atoms in total. The maximum atomic E-state index is 12.7. The van der Waals surface area contributed by atoms with Crippen LogP contribution in [0.4, 0.5) is 0 Å². The number of ketones is 1. The quantitative estimate of drug-likeness (QED) is 0.162. The van der Waals surface area contributed by atoms with E-state index in [1.54, 1.807) is 6.08 Å². The molecular weight excluding hydrogens is 384 g/mol. The number of carbonyl (C=O) groups excluding carboxylic acids is 1. The molecule has 1 aromatic carbocycles. The first-order valence-corrected chi connectivity index (χ1v) is 12.5. The zero-order chi connectivity index (χ0) is 22.9. The second kappa shape index (κ2) is 16.8. The standard InChI is InChI=1S/C27H46N2O2/c1-6-9-13-25(28-23(4)5)22-27(30)24-14-16-26(17-15-24)31-21-12-20-29(18-10-7-2)19-11-8-3/h14-17,22-23,28H,6-13,18-21H2,1-5H3/b25-22+. The van der Waals surface area contributed by atoms with Gasteiger partial charge in [0.1, 0.15) is 5.75 Å². The summed E-state index contributed by atoms with van der Waals surface area (Å²) in [6, 6.07) is 7.89. The average Bonchev–Trinajstić information content (AvgIpc) is 2.76. The first-order chi connectivity index (χ1) is 15.0. The minimum Gasteiger partial charge on any atom is -0.494 e. The van der Waals surface area contributed by atoms with Crippen molar-refractivity contribution in [3.8, 4) is 5.75 Å². The third-order valence-corrected chi connectivity index (χ3v) is 5.26. The molecule has 1 N–H and O–H groups in total. The van der Waals surface area contributed by atoms with Gasteiger partial charge in [-0.15, -0.1) is 0 Å². The van der Waals surface area contributed by atoms with Crippen molar-refractivity contribution in [2.24, 2.45) is 0 Å². The molecule has 4 heteroatoms. The highest BCUT2D eigenvalue weighted by molar-refractivity contribution is 6.04. The van der Waals surface area contributed by atoms with Gasteiger partial charge in [0.15, 0.2) is 5.78 Å². The molecule has 1 aromatic rings. The Hall–Kier alpha value is -1.81. The van der Waals surface area contributed by atoms with Crippen LogP contribution < -0.4 is 10.1 Å². The second-order valence-corrected chi connectivity index (χ2v) is 8.71. The van der Waals surface area contributed by atoms with Gasteiger partial charge in [-0.3, -0.25) is 4.79 Å². The summed E-state index contributed by atoms with van der Waals surface area (Å²) in [4.78, 5) is 15.2. The summed E-state index contributed by atoms with van der Waals surface area (Å²) < 4.78 is 5.92. The number of rotatable bonds is 18. The van der Waals surface area contributed by atoms with Gasteiger partial charge in [0, 0.05) is 29.9 Å². The first kappa shape index (κ1) is 27.2. The maximum absolute atomic E-state index is 12.7. The van der Waals surface area contributed by atoms with E-state index in [0.717, 1.165) is 43.7 Å². The number of nitrogens with one attached hydrogen (secondary N) is 1. The smallest absolute Gasteiger partial charge is 0.187 e. The minimum atomic E-state index is 0.0493. The van der Waals surface area contributed by atoms with E-state index >= 15 is 0 Å². The molecule has 0 aromatic heterocycles. The number of benzene rings is 1. The van der Waals surface area contributed by atoms with Crippen LogP contribution in [-0.4, -0.2) is 43.0 Å². The number of ether oxygens (including phenoxy) is 1. The molecule has 0 saturated carbocycles. The molecule has 0 radical (unpaired) electrons. The topological polar surface area (TPSA) is 41.6 Å². The Morgan fingerprint density at radius 3 is 2.06 bits per heavy atom. The van der Waals surface area contributed by atoms with Gasteiger partial charge in [-0.2, -0.15) is 0 Å². The van der Waals surface area contributed by atoms with Crippen LogP contribution in [0.15, 0.2) is 36.0 Å². The molecule has 0 aliphatic heterocycles. The van der Waals surface area contributed by atoms with E-state index in [9.17, 15) is 4.79 Å². The lowest BCUT2D eigenvalue weighted by atomic mass is 10.1. The lowest BCUT2D eigenvalue weighted by Crippen LogP contribution is -2.28. The van der Waals surface area contributed by atoms with E-state index in [2.05, 4.69) is 44.8 Å². The van der Waals surface area contributed by atoms with Crippen LogP contribution in [0.25, 0.3) is 0 Å². The second-order valence-electron chi connectivity index (χ2n) is 8.71. The molecule has 0 saturated heterocycles. The summed E-state index contributed by atoms with van der Waals surface area (Å²) in [7, 11) is 0. The van der Waals surface area contributed by atoms with Gasteiger partial charge in [-0.05, 0) is 83.3 Å². The SMILES string of the molecule is CCCC/C(=C\C(=O)c1ccc(OCCCN(CCCC)CCCC)cc1)NC(C)C. The summed E-state index contributed by atoms with van der Waals surface area (Å²) in [5.41, 5.74) is 1.73. The molecule has 0 heterocycles. The fourth-order valence-corrected chi connectivity index (χ4v) is 3.46. The third kappa shape index (κ3) is 12.6. The zero-order valence-electron chi connectivity index (χ0n) is 20.7. The van der Waals surface area contributed by atoms with E-state index in [1.165, 1.54) is 38.8 Å². The normalized spacial score (nSPS) is 11.9. The van der Waals surface area contributed by atoms with Gasteiger partial charge in [0.25, 0.3) is 0 Å². The molecule has 0 aliphatic carbocycles. The van der Waals surface area contributed by atoms with Gasteiger partial charge < -0.3 is 15.0 Å². The number of nitrogens with zero attached hydrogens (tertiary/aromatic N) is 1.